The third-order valence-electron chi connectivity index (χ3n) is 20.3. The van der Waals surface area contributed by atoms with Crippen molar-refractivity contribution in [1.82, 2.24) is 105 Å². The summed E-state index contributed by atoms with van der Waals surface area (Å²) in [5, 5.41) is 98.1. The van der Waals surface area contributed by atoms with Gasteiger partial charge in [0.2, 0.25) is 118 Å². The van der Waals surface area contributed by atoms with E-state index in [0.717, 1.165) is 32.6 Å². The van der Waals surface area contributed by atoms with Crippen molar-refractivity contribution >= 4 is 154 Å². The molecule has 1 aromatic rings. The van der Waals surface area contributed by atoms with Crippen molar-refractivity contribution < 1.29 is 146 Å². The van der Waals surface area contributed by atoms with Gasteiger partial charge >= 0.3 is 23.9 Å². The molecule has 1 aliphatic heterocycles. The maximum absolute atomic E-state index is 14.6. The van der Waals surface area contributed by atoms with Crippen LogP contribution in [0.25, 0.3) is 0 Å². The predicted molar refractivity (Wildman–Crippen MR) is 469 cm³/mol. The fraction of sp³-hybridized carbons (Fsp3) is 0.662. The quantitative estimate of drug-likeness (QED) is 0.0288. The number of carboxylic acids is 4. The Balaban J connectivity index is 2.36. The number of likely N-dealkylation sites (tertiary alicyclic amines) is 1. The van der Waals surface area contributed by atoms with Gasteiger partial charge < -0.3 is 148 Å². The standard InChI is InChI=1S/C80H129N23O30S/c1-32(2)21-45(69(121)99-52(30-104)74(126)90-40(13)80(132)133)92-63(115)37(10)87-67(119)48(25-54(82)106)96-75(127)53-17-16-19-103(53)79(131)44(18-20-134-15)91-70(122)50(27-57(110)111)95-71(123)51(28-58(112)113)98-77(129)60(35(7)8)101-73(125)47(23-42-29-84-31-85-42)94-64(116)38(11)89-76(128)59(34(5)6)100-65(117)39(12)88-68(120)49(26-55(83)107)97-78(130)61(41(14)105)102-72(124)46(22-33(3)4)93-62(114)36(9)86-66(118)43(81)24-56(108)109/h29,31-41,43-53,59-61,104-105H,16-28,30,81H2,1-15H3,(H2,82,106)(H2,83,107)(H,84,85)(H,86,118)(H,87,119)(H,88,120)(H,89,128)(H,90,126)(H,91,122)(H,92,115)(H,93,114)(H,94,116)(H,95,123)(H,96,127)(H,97,130)(H,98,129)(H,99,121)(H,100,117)(H,101,125)(H,102,124)(H,108,109)(H,110,111)(H,112,113)(H,132,133)/t36-,37-,38-,39-,40-,41+,43-,44-,45-,46-,47-,48-,49-,50-,51-,52-,53-,59-,60-,61-/m0/s1. The van der Waals surface area contributed by atoms with Crippen molar-refractivity contribution in [1.29, 1.82) is 0 Å². The van der Waals surface area contributed by atoms with Crippen molar-refractivity contribution in [2.75, 3.05) is 25.2 Å². The van der Waals surface area contributed by atoms with E-state index in [2.05, 4.69) is 100 Å². The number of amides is 20. The number of hydrogen-bond donors (Lipinski definition) is 27. The van der Waals surface area contributed by atoms with Crippen LogP contribution in [0.3, 0.4) is 0 Å². The summed E-state index contributed by atoms with van der Waals surface area (Å²) in [5.74, 6) is -30.9. The molecular weight excluding hydrogens is 1800 g/mol. The number of H-pyrrole nitrogens is 1. The van der Waals surface area contributed by atoms with E-state index in [9.17, 15) is 141 Å². The molecule has 2 heterocycles. The number of aliphatic carboxylic acids is 4. The minimum absolute atomic E-state index is 0.0691. The number of primary amides is 2. The van der Waals surface area contributed by atoms with Crippen LogP contribution in [0.1, 0.15) is 167 Å². The van der Waals surface area contributed by atoms with Gasteiger partial charge in [0.05, 0.1) is 57.2 Å². The highest BCUT2D eigenvalue weighted by Gasteiger charge is 2.44. The highest BCUT2D eigenvalue weighted by Crippen LogP contribution is 2.22. The molecule has 134 heavy (non-hydrogen) atoms. The van der Waals surface area contributed by atoms with Gasteiger partial charge in [-0.3, -0.25) is 115 Å². The molecule has 0 aliphatic carbocycles. The Morgan fingerprint density at radius 3 is 1.16 bits per heavy atom. The van der Waals surface area contributed by atoms with Crippen LogP contribution in [-0.2, 0) is 121 Å². The summed E-state index contributed by atoms with van der Waals surface area (Å²) in [5.41, 5.74) is 16.7. The van der Waals surface area contributed by atoms with E-state index in [1.54, 1.807) is 34.0 Å². The fourth-order valence-electron chi connectivity index (χ4n) is 12.9. The molecule has 0 radical (unpaired) electrons. The molecule has 0 aromatic carbocycles. The zero-order chi connectivity index (χ0) is 102. The Bertz CT molecular complexity index is 4360. The van der Waals surface area contributed by atoms with E-state index in [1.807, 2.05) is 0 Å². The van der Waals surface area contributed by atoms with Gasteiger partial charge in [-0.25, -0.2) is 4.98 Å². The lowest BCUT2D eigenvalue weighted by molar-refractivity contribution is -0.145. The zero-order valence-corrected chi connectivity index (χ0v) is 77.7. The van der Waals surface area contributed by atoms with Crippen molar-refractivity contribution in [3.05, 3.63) is 18.2 Å². The Labute approximate surface area is 774 Å². The molecule has 20 atom stereocenters. The summed E-state index contributed by atoms with van der Waals surface area (Å²) in [4.78, 5) is 328. The van der Waals surface area contributed by atoms with Gasteiger partial charge in [0.25, 0.3) is 0 Å². The number of aliphatic hydroxyl groups is 2. The monoisotopic (exact) mass is 1920 g/mol. The number of carbonyl (C=O) groups is 24. The summed E-state index contributed by atoms with van der Waals surface area (Å²) in [6, 6.07) is -31.5. The third-order valence-corrected chi connectivity index (χ3v) is 20.9. The van der Waals surface area contributed by atoms with Crippen LogP contribution in [0, 0.1) is 23.7 Å². The SMILES string of the molecule is CSCC[C@H](NC(=O)[C@H](CC(=O)O)NC(=O)[C@H](CC(=O)O)NC(=O)[C@@H](NC(=O)[C@H](Cc1cnc[nH]1)NC(=O)[C@H](C)NC(=O)[C@@H](NC(=O)[C@H](C)NC(=O)[C@H](CC(N)=O)NC(=O)[C@@H](NC(=O)[C@H](CC(C)C)NC(=O)[C@H](C)NC(=O)[C@@H](N)CC(=O)O)[C@@H](C)O)C(C)C)C(C)C)C(=O)N1CCC[C@H]1C(=O)N[C@@H](CC(N)=O)C(=O)N[C@@H](C)C(=O)N[C@@H](CC(C)C)C(=O)N[C@@H](CO)C(=O)N[C@@H](C)C(=O)O. The number of nitrogens with zero attached hydrogens (tertiary/aromatic N) is 2. The molecule has 1 aliphatic rings. The Morgan fingerprint density at radius 2 is 0.746 bits per heavy atom. The van der Waals surface area contributed by atoms with E-state index < -0.39 is 320 Å². The number of thioether (sulfide) groups is 1. The highest BCUT2D eigenvalue weighted by molar-refractivity contribution is 7.98. The van der Waals surface area contributed by atoms with Gasteiger partial charge in [-0.2, -0.15) is 11.8 Å². The van der Waals surface area contributed by atoms with E-state index in [1.165, 1.54) is 65.8 Å². The average molecular weight is 1930 g/mol. The summed E-state index contributed by atoms with van der Waals surface area (Å²) in [6.45, 7) is 18.2. The summed E-state index contributed by atoms with van der Waals surface area (Å²) in [6.07, 6.45) is -3.47. The first-order valence-electron chi connectivity index (χ1n) is 42.8. The number of carbonyl (C=O) groups excluding carboxylic acids is 20. The molecule has 0 bridgehead atoms. The molecule has 2 rings (SSSR count). The minimum Gasteiger partial charge on any atom is -0.481 e. The van der Waals surface area contributed by atoms with Crippen molar-refractivity contribution in [3.8, 4) is 0 Å². The van der Waals surface area contributed by atoms with E-state index in [4.69, 9.17) is 22.3 Å². The molecule has 0 spiro atoms. The van der Waals surface area contributed by atoms with Crippen molar-refractivity contribution in [2.24, 2.45) is 40.9 Å². The van der Waals surface area contributed by atoms with Crippen molar-refractivity contribution in [2.45, 2.75) is 288 Å². The third kappa shape index (κ3) is 40.4. The maximum Gasteiger partial charge on any atom is 0.325 e. The zero-order valence-electron chi connectivity index (χ0n) is 76.9. The molecule has 1 saturated heterocycles. The van der Waals surface area contributed by atoms with Crippen LogP contribution in [0.4, 0.5) is 0 Å². The first-order chi connectivity index (χ1) is 62.3. The van der Waals surface area contributed by atoms with Crippen molar-refractivity contribution in [3.63, 3.8) is 0 Å². The van der Waals surface area contributed by atoms with E-state index >= 15 is 0 Å². The van der Waals surface area contributed by atoms with Crippen LogP contribution in [0.2, 0.25) is 0 Å². The highest BCUT2D eigenvalue weighted by atomic mass is 32.2. The molecule has 1 fully saturated rings. The first-order valence-corrected chi connectivity index (χ1v) is 44.2. The fourth-order valence-corrected chi connectivity index (χ4v) is 13.4. The second-order valence-corrected chi connectivity index (χ2v) is 34.6. The number of carboxylic acid groups (broad SMARTS) is 4. The second-order valence-electron chi connectivity index (χ2n) is 33.7. The van der Waals surface area contributed by atoms with Gasteiger partial charge in [0.15, 0.2) is 0 Å². The minimum atomic E-state index is -2.18. The summed E-state index contributed by atoms with van der Waals surface area (Å²) >= 11 is 1.17. The lowest BCUT2D eigenvalue weighted by atomic mass is 10.0. The van der Waals surface area contributed by atoms with Gasteiger partial charge in [0, 0.05) is 24.9 Å². The number of aliphatic hydroxyl groups excluding tert-OH is 2. The van der Waals surface area contributed by atoms with Gasteiger partial charge in [-0.15, -0.1) is 0 Å². The number of hydrogen-bond acceptors (Lipinski definition) is 29. The number of rotatable bonds is 59. The topological polar surface area (TPSA) is 846 Å². The molecule has 0 saturated carbocycles. The Morgan fingerprint density at radius 1 is 0.410 bits per heavy atom. The van der Waals surface area contributed by atoms with E-state index in [-0.39, 0.29) is 61.9 Å². The van der Waals surface area contributed by atoms with Crippen LogP contribution >= 0.6 is 11.8 Å². The molecule has 0 unspecified atom stereocenters. The summed E-state index contributed by atoms with van der Waals surface area (Å²) < 4.78 is 0. The number of aromatic nitrogens is 2. The molecule has 54 heteroatoms. The van der Waals surface area contributed by atoms with Crippen LogP contribution in [0.15, 0.2) is 12.5 Å². The van der Waals surface area contributed by atoms with Gasteiger partial charge in [0.1, 0.15) is 109 Å². The Kier molecular flexibility index (Phi) is 49.3. The summed E-state index contributed by atoms with van der Waals surface area (Å²) in [7, 11) is 0. The second kappa shape index (κ2) is 56.6. The predicted octanol–water partition coefficient (Wildman–Crippen LogP) is -10.6. The van der Waals surface area contributed by atoms with Crippen LogP contribution in [0.5, 0.6) is 0 Å². The maximum atomic E-state index is 14.6. The van der Waals surface area contributed by atoms with E-state index in [0.29, 0.717) is 0 Å². The average Bonchev–Trinajstić information content (AvgIpc) is 1.66. The molecule has 1 aromatic heterocycles. The number of nitrogens with two attached hydrogens (primary N) is 3. The molecule has 30 N–H and O–H groups in total. The smallest absolute Gasteiger partial charge is 0.325 e. The van der Waals surface area contributed by atoms with Crippen LogP contribution in [-0.4, -0.2) is 334 Å². The molecule has 53 nitrogen and oxygen atoms in total. The number of aromatic amines is 1. The van der Waals surface area contributed by atoms with Gasteiger partial charge in [-0.05, 0) is 109 Å². The molecular formula is C80H129N23O30S. The largest absolute Gasteiger partial charge is 0.481 e. The number of imidazole rings is 1. The normalized spacial score (nSPS) is 16.6. The molecule has 750 valence electrons. The first kappa shape index (κ1) is 117. The number of nitrogens with one attached hydrogen (secondary N) is 18. The molecule has 20 amide bonds. The Hall–Kier alpha value is -13.3. The van der Waals surface area contributed by atoms with Gasteiger partial charge in [-0.1, -0.05) is 55.4 Å². The van der Waals surface area contributed by atoms with Crippen LogP contribution < -0.4 is 108 Å². The lowest BCUT2D eigenvalue weighted by Crippen LogP contribution is -2.62. The lowest BCUT2D eigenvalue weighted by Gasteiger charge is -2.31.